The molecule has 0 unspecified atom stereocenters. The summed E-state index contributed by atoms with van der Waals surface area (Å²) in [5.74, 6) is -1.01. The number of non-ortho nitro benzene ring substituents is 1. The zero-order valence-corrected chi connectivity index (χ0v) is 21.7. The Labute approximate surface area is 229 Å². The van der Waals surface area contributed by atoms with Gasteiger partial charge in [-0.3, -0.25) is 24.5 Å². The Bertz CT molecular complexity index is 1580. The number of anilines is 2. The van der Waals surface area contributed by atoms with Gasteiger partial charge in [0.15, 0.2) is 6.10 Å². The maximum absolute atomic E-state index is 13.7. The Balaban J connectivity index is 1.41. The van der Waals surface area contributed by atoms with Gasteiger partial charge in [0.25, 0.3) is 11.6 Å². The second-order valence-corrected chi connectivity index (χ2v) is 10.1. The van der Waals surface area contributed by atoms with Gasteiger partial charge in [0.2, 0.25) is 5.91 Å². The van der Waals surface area contributed by atoms with Crippen molar-refractivity contribution in [2.24, 2.45) is 5.92 Å². The number of fused-ring (bicyclic) bond motifs is 1. The third-order valence-corrected chi connectivity index (χ3v) is 7.40. The van der Waals surface area contributed by atoms with Crippen LogP contribution in [0.5, 0.6) is 0 Å². The van der Waals surface area contributed by atoms with Crippen LogP contribution in [-0.2, 0) is 14.4 Å². The lowest BCUT2D eigenvalue weighted by molar-refractivity contribution is -0.384. The van der Waals surface area contributed by atoms with E-state index < -0.39 is 34.8 Å². The lowest BCUT2D eigenvalue weighted by Crippen LogP contribution is -2.37. The molecule has 190 valence electrons. The minimum absolute atomic E-state index is 0.143. The molecular weight excluding hydrogens is 578 g/mol. The fourth-order valence-corrected chi connectivity index (χ4v) is 5.35. The lowest BCUT2D eigenvalue weighted by atomic mass is 9.94. The first-order valence-corrected chi connectivity index (χ1v) is 12.7. The Morgan fingerprint density at radius 3 is 2.32 bits per heavy atom. The lowest BCUT2D eigenvalue weighted by Gasteiger charge is -2.27. The molecule has 0 N–H and O–H groups in total. The molecule has 3 atom stereocenters. The highest BCUT2D eigenvalue weighted by molar-refractivity contribution is 9.10. The summed E-state index contributed by atoms with van der Waals surface area (Å²) >= 11 is 9.69. The summed E-state index contributed by atoms with van der Waals surface area (Å²) < 4.78 is 6.99. The quantitative estimate of drug-likeness (QED) is 0.151. The molecule has 1 aromatic heterocycles. The van der Waals surface area contributed by atoms with Gasteiger partial charge >= 0.3 is 0 Å². The molecule has 0 aliphatic carbocycles. The molecule has 38 heavy (non-hydrogen) atoms. The number of carbonyl (C=O) groups is 2. The van der Waals surface area contributed by atoms with Gasteiger partial charge in [-0.15, -0.1) is 0 Å². The first-order chi connectivity index (χ1) is 18.3. The topological polar surface area (TPSA) is 106 Å². The number of amides is 2. The number of halogens is 2. The van der Waals surface area contributed by atoms with Crippen molar-refractivity contribution < 1.29 is 23.8 Å². The monoisotopic (exact) mass is 593 g/mol. The average Bonchev–Trinajstić information content (AvgIpc) is 3.60. The molecule has 2 fully saturated rings. The van der Waals surface area contributed by atoms with E-state index in [1.54, 1.807) is 36.4 Å². The third kappa shape index (κ3) is 3.97. The maximum Gasteiger partial charge on any atom is 0.270 e. The highest BCUT2D eigenvalue weighted by atomic mass is 79.9. The van der Waals surface area contributed by atoms with Crippen LogP contribution in [0.3, 0.4) is 0 Å². The minimum Gasteiger partial charge on any atom is -0.459 e. The van der Waals surface area contributed by atoms with Crippen molar-refractivity contribution >= 4 is 56.4 Å². The van der Waals surface area contributed by atoms with Crippen molar-refractivity contribution in [1.82, 2.24) is 0 Å². The second-order valence-electron chi connectivity index (χ2n) is 8.77. The van der Waals surface area contributed by atoms with Crippen molar-refractivity contribution in [3.05, 3.63) is 110 Å². The van der Waals surface area contributed by atoms with Crippen LogP contribution in [-0.4, -0.2) is 22.8 Å². The van der Waals surface area contributed by atoms with Crippen LogP contribution in [0.2, 0.25) is 5.02 Å². The van der Waals surface area contributed by atoms with Crippen molar-refractivity contribution in [3.63, 3.8) is 0 Å². The summed E-state index contributed by atoms with van der Waals surface area (Å²) in [5.41, 5.74) is 1.41. The predicted molar refractivity (Wildman–Crippen MR) is 142 cm³/mol. The summed E-state index contributed by atoms with van der Waals surface area (Å²) in [7, 11) is 0. The Morgan fingerprint density at radius 2 is 1.63 bits per heavy atom. The molecule has 2 aliphatic heterocycles. The average molecular weight is 595 g/mol. The van der Waals surface area contributed by atoms with Gasteiger partial charge < -0.3 is 4.42 Å². The number of hydrogen-bond donors (Lipinski definition) is 0. The van der Waals surface area contributed by atoms with Crippen LogP contribution in [0.15, 0.2) is 93.8 Å². The number of para-hydroxylation sites is 1. The number of nitro benzene ring substituents is 1. The molecule has 2 aliphatic rings. The Hall–Kier alpha value is -3.99. The normalized spacial score (nSPS) is 20.7. The molecule has 2 amide bonds. The molecule has 11 heteroatoms. The molecule has 0 radical (unpaired) electrons. The van der Waals surface area contributed by atoms with Crippen molar-refractivity contribution in [1.29, 1.82) is 0 Å². The summed E-state index contributed by atoms with van der Waals surface area (Å²) in [6.07, 6.45) is -1.05. The third-order valence-electron chi connectivity index (χ3n) is 6.56. The fourth-order valence-electron chi connectivity index (χ4n) is 4.82. The summed E-state index contributed by atoms with van der Waals surface area (Å²) in [5, 5.41) is 12.8. The minimum atomic E-state index is -1.05. The Morgan fingerprint density at radius 1 is 0.895 bits per heavy atom. The van der Waals surface area contributed by atoms with Gasteiger partial charge in [-0.2, -0.15) is 0 Å². The van der Waals surface area contributed by atoms with Gasteiger partial charge in [-0.05, 0) is 54.6 Å². The molecule has 9 nitrogen and oxygen atoms in total. The first-order valence-electron chi connectivity index (χ1n) is 11.5. The zero-order chi connectivity index (χ0) is 26.6. The van der Waals surface area contributed by atoms with Crippen molar-refractivity contribution in [2.45, 2.75) is 12.1 Å². The van der Waals surface area contributed by atoms with Gasteiger partial charge in [-0.25, -0.2) is 9.96 Å². The SMILES string of the molecule is O=C1[C@H]2[C@@H](c3ccc(-c4ccc([N+](=O)[O-])cc4Cl)o3)N(c3ccccc3)O[C@H]2C(=O)N1c1ccc(Br)cc1. The number of carbonyl (C=O) groups excluding carboxylic acids is 2. The molecule has 3 aromatic carbocycles. The van der Waals surface area contributed by atoms with Crippen LogP contribution in [0.25, 0.3) is 11.3 Å². The van der Waals surface area contributed by atoms with E-state index in [-0.39, 0.29) is 10.7 Å². The van der Waals surface area contributed by atoms with E-state index in [2.05, 4.69) is 15.9 Å². The molecule has 3 heterocycles. The smallest absolute Gasteiger partial charge is 0.270 e. The van der Waals surface area contributed by atoms with Crippen LogP contribution in [0.1, 0.15) is 11.8 Å². The number of benzene rings is 3. The highest BCUT2D eigenvalue weighted by Crippen LogP contribution is 2.48. The number of hydrogen-bond acceptors (Lipinski definition) is 7. The molecular formula is C27H17BrClN3O6. The maximum atomic E-state index is 13.7. The molecule has 4 aromatic rings. The van der Waals surface area contributed by atoms with Crippen LogP contribution in [0, 0.1) is 16.0 Å². The van der Waals surface area contributed by atoms with Gasteiger partial charge in [0.1, 0.15) is 23.5 Å². The number of nitro groups is 1. The number of furan rings is 1. The van der Waals surface area contributed by atoms with Crippen LogP contribution in [0.4, 0.5) is 17.1 Å². The predicted octanol–water partition coefficient (Wildman–Crippen LogP) is 6.32. The van der Waals surface area contributed by atoms with Gasteiger partial charge in [-0.1, -0.05) is 45.7 Å². The zero-order valence-electron chi connectivity index (χ0n) is 19.4. The van der Waals surface area contributed by atoms with E-state index in [1.807, 2.05) is 30.3 Å². The van der Waals surface area contributed by atoms with Gasteiger partial charge in [0, 0.05) is 22.2 Å². The second kappa shape index (κ2) is 9.39. The van der Waals surface area contributed by atoms with Crippen LogP contribution >= 0.6 is 27.5 Å². The molecule has 0 bridgehead atoms. The number of imide groups is 1. The van der Waals surface area contributed by atoms with E-state index in [1.165, 1.54) is 23.3 Å². The van der Waals surface area contributed by atoms with Gasteiger partial charge in [0.05, 0.1) is 21.3 Å². The van der Waals surface area contributed by atoms with E-state index in [4.69, 9.17) is 20.9 Å². The summed E-state index contributed by atoms with van der Waals surface area (Å²) in [6.45, 7) is 0. The fraction of sp³-hybridized carbons (Fsp3) is 0.111. The van der Waals surface area contributed by atoms with E-state index in [0.717, 1.165) is 9.37 Å². The number of rotatable bonds is 5. The molecule has 0 spiro atoms. The van der Waals surface area contributed by atoms with E-state index in [0.29, 0.717) is 28.5 Å². The van der Waals surface area contributed by atoms with E-state index in [9.17, 15) is 19.7 Å². The number of hydroxylamine groups is 1. The Kier molecular flexibility index (Phi) is 6.02. The van der Waals surface area contributed by atoms with Crippen molar-refractivity contribution in [2.75, 3.05) is 9.96 Å². The standard InChI is InChI=1S/C27H17BrClN3O6/c28-15-6-8-16(9-7-15)30-26(33)23-24(31(38-25(23)27(30)34)17-4-2-1-3-5-17)22-13-12-21(37-22)19-11-10-18(32(35)36)14-20(19)29/h1-14,23-25H/t23-,24+,25+/m0/s1. The first kappa shape index (κ1) is 24.4. The molecule has 2 saturated heterocycles. The summed E-state index contributed by atoms with van der Waals surface area (Å²) in [4.78, 5) is 45.0. The molecule has 0 saturated carbocycles. The highest BCUT2D eigenvalue weighted by Gasteiger charge is 2.61. The summed E-state index contributed by atoms with van der Waals surface area (Å²) in [6, 6.07) is 22.7. The largest absolute Gasteiger partial charge is 0.459 e. The van der Waals surface area contributed by atoms with E-state index >= 15 is 0 Å². The molecule has 6 rings (SSSR count). The van der Waals surface area contributed by atoms with Crippen LogP contribution < -0.4 is 9.96 Å². The number of nitrogens with zero attached hydrogens (tertiary/aromatic N) is 3. The van der Waals surface area contributed by atoms with Crippen molar-refractivity contribution in [3.8, 4) is 11.3 Å².